The number of ether oxygens (including phenoxy) is 1. The fourth-order valence-corrected chi connectivity index (χ4v) is 5.44. The monoisotopic (exact) mass is 427 g/mol. The molecular weight excluding hydrogens is 402 g/mol. The Balaban J connectivity index is 1.49. The molecule has 0 radical (unpaired) electrons. The van der Waals surface area contributed by atoms with Crippen LogP contribution < -0.4 is 20.3 Å². The van der Waals surface area contributed by atoms with Gasteiger partial charge in [0.15, 0.2) is 9.84 Å². The van der Waals surface area contributed by atoms with Crippen LogP contribution >= 0.6 is 0 Å². The lowest BCUT2D eigenvalue weighted by atomic mass is 9.97. The van der Waals surface area contributed by atoms with Crippen molar-refractivity contribution >= 4 is 32.7 Å². The van der Waals surface area contributed by atoms with Crippen molar-refractivity contribution in [2.24, 2.45) is 0 Å². The molecule has 3 aliphatic rings. The van der Waals surface area contributed by atoms with E-state index in [0.717, 1.165) is 47.9 Å². The summed E-state index contributed by atoms with van der Waals surface area (Å²) in [5.41, 5.74) is 5.36. The van der Waals surface area contributed by atoms with E-state index >= 15 is 0 Å². The zero-order valence-electron chi connectivity index (χ0n) is 16.9. The van der Waals surface area contributed by atoms with Crippen LogP contribution in [0, 0.1) is 6.92 Å². The van der Waals surface area contributed by atoms with Gasteiger partial charge in [0.1, 0.15) is 30.3 Å². The summed E-state index contributed by atoms with van der Waals surface area (Å²) in [6.45, 7) is 5.14. The zero-order valence-corrected chi connectivity index (χ0v) is 17.8. The Labute approximate surface area is 176 Å². The van der Waals surface area contributed by atoms with Gasteiger partial charge in [-0.05, 0) is 48.7 Å². The number of nitrogens with zero attached hydrogens (tertiary/aromatic N) is 3. The Hall–Kier alpha value is -2.65. The summed E-state index contributed by atoms with van der Waals surface area (Å²) in [4.78, 5) is 10.9. The van der Waals surface area contributed by atoms with Gasteiger partial charge in [-0.2, -0.15) is 0 Å². The number of sulfone groups is 1. The third-order valence-corrected chi connectivity index (χ3v) is 7.50. The molecule has 1 aromatic heterocycles. The Kier molecular flexibility index (Phi) is 4.86. The molecule has 158 valence electrons. The molecule has 0 spiro atoms. The number of fused-ring (bicyclic) bond motifs is 2. The van der Waals surface area contributed by atoms with Gasteiger partial charge in [0.25, 0.3) is 0 Å². The molecule has 0 saturated carbocycles. The molecule has 1 saturated heterocycles. The van der Waals surface area contributed by atoms with Crippen molar-refractivity contribution in [2.75, 3.05) is 47.9 Å². The molecule has 30 heavy (non-hydrogen) atoms. The zero-order chi connectivity index (χ0) is 20.7. The molecule has 0 bridgehead atoms. The SMILES string of the molecule is Cc1cc(C2=CCNCC2)cc2c1OCc1c(ncnc1N1CCS(=O)(=O)CC1)N2. The van der Waals surface area contributed by atoms with Gasteiger partial charge in [0, 0.05) is 19.6 Å². The molecule has 0 aliphatic carbocycles. The second-order valence-corrected chi connectivity index (χ2v) is 10.2. The van der Waals surface area contributed by atoms with Gasteiger partial charge in [0.2, 0.25) is 0 Å². The first-order valence-electron chi connectivity index (χ1n) is 10.2. The van der Waals surface area contributed by atoms with Crippen LogP contribution in [0.25, 0.3) is 5.57 Å². The Morgan fingerprint density at radius 1 is 1.17 bits per heavy atom. The molecular formula is C21H25N5O3S. The predicted octanol–water partition coefficient (Wildman–Crippen LogP) is 2.03. The highest BCUT2D eigenvalue weighted by molar-refractivity contribution is 7.91. The minimum atomic E-state index is -2.96. The number of anilines is 3. The summed E-state index contributed by atoms with van der Waals surface area (Å²) in [6.07, 6.45) is 4.77. The molecule has 1 aromatic carbocycles. The van der Waals surface area contributed by atoms with E-state index in [-0.39, 0.29) is 11.5 Å². The van der Waals surface area contributed by atoms with Crippen molar-refractivity contribution < 1.29 is 13.2 Å². The quantitative estimate of drug-likeness (QED) is 0.752. The lowest BCUT2D eigenvalue weighted by molar-refractivity contribution is 0.308. The topological polar surface area (TPSA) is 96.4 Å². The number of hydrogen-bond donors (Lipinski definition) is 2. The highest BCUT2D eigenvalue weighted by Gasteiger charge is 2.27. The number of rotatable bonds is 2. The lowest BCUT2D eigenvalue weighted by Gasteiger charge is -2.29. The molecule has 5 rings (SSSR count). The highest BCUT2D eigenvalue weighted by Crippen LogP contribution is 2.40. The lowest BCUT2D eigenvalue weighted by Crippen LogP contribution is -2.41. The van der Waals surface area contributed by atoms with E-state index in [2.05, 4.69) is 45.7 Å². The smallest absolute Gasteiger partial charge is 0.153 e. The third-order valence-electron chi connectivity index (χ3n) is 5.89. The van der Waals surface area contributed by atoms with E-state index in [1.807, 2.05) is 4.90 Å². The van der Waals surface area contributed by atoms with E-state index in [1.54, 1.807) is 0 Å². The number of aromatic nitrogens is 2. The maximum atomic E-state index is 11.8. The summed E-state index contributed by atoms with van der Waals surface area (Å²) < 4.78 is 29.8. The third kappa shape index (κ3) is 3.63. The minimum absolute atomic E-state index is 0.146. The number of benzene rings is 1. The largest absolute Gasteiger partial charge is 0.486 e. The first kappa shape index (κ1) is 19.3. The van der Waals surface area contributed by atoms with Crippen LogP contribution in [0.1, 0.15) is 23.1 Å². The van der Waals surface area contributed by atoms with E-state index < -0.39 is 9.84 Å². The van der Waals surface area contributed by atoms with Crippen molar-refractivity contribution in [3.05, 3.63) is 41.2 Å². The maximum absolute atomic E-state index is 11.8. The van der Waals surface area contributed by atoms with Crippen molar-refractivity contribution in [2.45, 2.75) is 20.0 Å². The number of hydrogen-bond acceptors (Lipinski definition) is 8. The fraction of sp³-hybridized carbons (Fsp3) is 0.429. The van der Waals surface area contributed by atoms with E-state index in [1.165, 1.54) is 17.5 Å². The maximum Gasteiger partial charge on any atom is 0.153 e. The molecule has 8 nitrogen and oxygen atoms in total. The second kappa shape index (κ2) is 7.55. The van der Waals surface area contributed by atoms with Gasteiger partial charge < -0.3 is 20.3 Å². The van der Waals surface area contributed by atoms with Crippen molar-refractivity contribution in [1.29, 1.82) is 0 Å². The first-order valence-corrected chi connectivity index (χ1v) is 12.1. The van der Waals surface area contributed by atoms with Crippen molar-refractivity contribution in [1.82, 2.24) is 15.3 Å². The van der Waals surface area contributed by atoms with E-state index in [9.17, 15) is 8.42 Å². The van der Waals surface area contributed by atoms with Crippen LogP contribution in [0.15, 0.2) is 24.5 Å². The molecule has 0 unspecified atom stereocenters. The molecule has 1 fully saturated rings. The highest BCUT2D eigenvalue weighted by atomic mass is 32.2. The van der Waals surface area contributed by atoms with Crippen molar-refractivity contribution in [3.8, 4) is 5.75 Å². The van der Waals surface area contributed by atoms with Crippen LogP contribution in [-0.2, 0) is 16.4 Å². The summed E-state index contributed by atoms with van der Waals surface area (Å²) >= 11 is 0. The van der Waals surface area contributed by atoms with Gasteiger partial charge in [-0.15, -0.1) is 0 Å². The van der Waals surface area contributed by atoms with Crippen LogP contribution in [0.5, 0.6) is 5.75 Å². The van der Waals surface area contributed by atoms with Gasteiger partial charge in [-0.1, -0.05) is 6.08 Å². The van der Waals surface area contributed by atoms with Crippen LogP contribution in [0.4, 0.5) is 17.3 Å². The minimum Gasteiger partial charge on any atom is -0.486 e. The summed E-state index contributed by atoms with van der Waals surface area (Å²) in [5.74, 6) is 2.56. The van der Waals surface area contributed by atoms with Gasteiger partial charge >= 0.3 is 0 Å². The molecule has 4 heterocycles. The summed E-state index contributed by atoms with van der Waals surface area (Å²) in [7, 11) is -2.96. The average molecular weight is 428 g/mol. The van der Waals surface area contributed by atoms with Gasteiger partial charge in [-0.3, -0.25) is 0 Å². The predicted molar refractivity (Wildman–Crippen MR) is 117 cm³/mol. The Bertz CT molecular complexity index is 1120. The number of aryl methyl sites for hydroxylation is 1. The second-order valence-electron chi connectivity index (χ2n) is 7.93. The average Bonchev–Trinajstić information content (AvgIpc) is 2.94. The fourth-order valence-electron chi connectivity index (χ4n) is 4.24. The molecule has 2 N–H and O–H groups in total. The number of nitrogens with one attached hydrogen (secondary N) is 2. The molecule has 9 heteroatoms. The van der Waals surface area contributed by atoms with E-state index in [4.69, 9.17) is 4.74 Å². The van der Waals surface area contributed by atoms with Gasteiger partial charge in [0.05, 0.1) is 22.8 Å². The molecule has 0 amide bonds. The molecule has 3 aliphatic heterocycles. The first-order chi connectivity index (χ1) is 14.5. The standard InChI is InChI=1S/C21H25N5O3S/c1-14-10-16(15-2-4-22-5-3-15)11-18-19(14)29-12-17-20(25-18)23-13-24-21(17)26-6-8-30(27,28)9-7-26/h2,10-11,13,22H,3-9,12H2,1H3,(H,23,24,25). The Morgan fingerprint density at radius 3 is 2.77 bits per heavy atom. The normalized spacial score (nSPS) is 20.2. The summed E-state index contributed by atoms with van der Waals surface area (Å²) in [5, 5.41) is 6.81. The molecule has 0 atom stereocenters. The Morgan fingerprint density at radius 2 is 2.00 bits per heavy atom. The van der Waals surface area contributed by atoms with Gasteiger partial charge in [-0.25, -0.2) is 18.4 Å². The van der Waals surface area contributed by atoms with Crippen LogP contribution in [0.3, 0.4) is 0 Å². The van der Waals surface area contributed by atoms with Crippen LogP contribution in [-0.4, -0.2) is 56.1 Å². The van der Waals surface area contributed by atoms with Crippen LogP contribution in [0.2, 0.25) is 0 Å². The molecule has 2 aromatic rings. The van der Waals surface area contributed by atoms with Crippen molar-refractivity contribution in [3.63, 3.8) is 0 Å². The summed E-state index contributed by atoms with van der Waals surface area (Å²) in [6, 6.07) is 4.31. The van der Waals surface area contributed by atoms with E-state index in [0.29, 0.717) is 25.5 Å².